The molecule has 0 spiro atoms. The Balaban J connectivity index is 2.70. The first-order chi connectivity index (χ1) is 9.06. The monoisotopic (exact) mass is 257 g/mol. The highest BCUT2D eigenvalue weighted by Gasteiger charge is 2.13. The SMILES string of the molecule is Cc1ccc(C=O)cc1-c1cc(CN)cc(O)c1O. The van der Waals surface area contributed by atoms with Crippen molar-refractivity contribution in [3.05, 3.63) is 47.0 Å². The zero-order chi connectivity index (χ0) is 14.0. The predicted octanol–water partition coefficient (Wildman–Crippen LogP) is 2.34. The first-order valence-electron chi connectivity index (χ1n) is 5.88. The third-order valence-corrected chi connectivity index (χ3v) is 3.07. The van der Waals surface area contributed by atoms with E-state index in [1.165, 1.54) is 6.07 Å². The van der Waals surface area contributed by atoms with E-state index in [1.807, 2.05) is 6.92 Å². The van der Waals surface area contributed by atoms with Crippen LogP contribution in [-0.4, -0.2) is 16.5 Å². The second-order valence-electron chi connectivity index (χ2n) is 4.41. The second kappa shape index (κ2) is 5.12. The number of carbonyl (C=O) groups is 1. The van der Waals surface area contributed by atoms with Gasteiger partial charge in [0, 0.05) is 17.7 Å². The van der Waals surface area contributed by atoms with E-state index in [9.17, 15) is 15.0 Å². The maximum absolute atomic E-state index is 10.8. The zero-order valence-electron chi connectivity index (χ0n) is 10.6. The zero-order valence-corrected chi connectivity index (χ0v) is 10.6. The van der Waals surface area contributed by atoms with E-state index in [-0.39, 0.29) is 18.0 Å². The average Bonchev–Trinajstić information content (AvgIpc) is 2.42. The normalized spacial score (nSPS) is 10.4. The molecule has 0 saturated carbocycles. The van der Waals surface area contributed by atoms with Crippen LogP contribution in [0.5, 0.6) is 11.5 Å². The van der Waals surface area contributed by atoms with E-state index in [0.717, 1.165) is 11.8 Å². The Morgan fingerprint density at radius 1 is 1.16 bits per heavy atom. The molecule has 2 rings (SSSR count). The lowest BCUT2D eigenvalue weighted by atomic mass is 9.95. The lowest BCUT2D eigenvalue weighted by Crippen LogP contribution is -1.97. The fraction of sp³-hybridized carbons (Fsp3) is 0.133. The summed E-state index contributed by atoms with van der Waals surface area (Å²) in [5.74, 6) is -0.419. The van der Waals surface area contributed by atoms with Crippen molar-refractivity contribution in [1.29, 1.82) is 0 Å². The number of hydrogen-bond donors (Lipinski definition) is 3. The van der Waals surface area contributed by atoms with Crippen molar-refractivity contribution >= 4 is 6.29 Å². The van der Waals surface area contributed by atoms with E-state index in [4.69, 9.17) is 5.73 Å². The lowest BCUT2D eigenvalue weighted by Gasteiger charge is -2.12. The van der Waals surface area contributed by atoms with Crippen molar-refractivity contribution in [1.82, 2.24) is 0 Å². The van der Waals surface area contributed by atoms with Gasteiger partial charge in [0.05, 0.1) is 0 Å². The number of aldehydes is 1. The molecule has 0 heterocycles. The van der Waals surface area contributed by atoms with Crippen LogP contribution in [0.2, 0.25) is 0 Å². The van der Waals surface area contributed by atoms with E-state index >= 15 is 0 Å². The maximum Gasteiger partial charge on any atom is 0.165 e. The van der Waals surface area contributed by atoms with Gasteiger partial charge in [0.1, 0.15) is 6.29 Å². The van der Waals surface area contributed by atoms with Gasteiger partial charge in [-0.1, -0.05) is 12.1 Å². The maximum atomic E-state index is 10.8. The van der Waals surface area contributed by atoms with Gasteiger partial charge in [-0.05, 0) is 41.8 Å². The minimum Gasteiger partial charge on any atom is -0.504 e. The third kappa shape index (κ3) is 2.44. The molecule has 98 valence electrons. The number of phenolic OH excluding ortho intramolecular Hbond substituents is 2. The van der Waals surface area contributed by atoms with E-state index in [1.54, 1.807) is 24.3 Å². The summed E-state index contributed by atoms with van der Waals surface area (Å²) in [4.78, 5) is 10.8. The van der Waals surface area contributed by atoms with Gasteiger partial charge >= 0.3 is 0 Å². The Labute approximate surface area is 111 Å². The Kier molecular flexibility index (Phi) is 3.53. The molecular formula is C15H15NO3. The minimum absolute atomic E-state index is 0.205. The molecule has 0 amide bonds. The summed E-state index contributed by atoms with van der Waals surface area (Å²) >= 11 is 0. The number of aromatic hydroxyl groups is 2. The van der Waals surface area contributed by atoms with Crippen LogP contribution in [0.3, 0.4) is 0 Å². The molecule has 4 heteroatoms. The number of rotatable bonds is 3. The molecule has 0 radical (unpaired) electrons. The third-order valence-electron chi connectivity index (χ3n) is 3.07. The molecule has 4 N–H and O–H groups in total. The summed E-state index contributed by atoms with van der Waals surface area (Å²) in [6, 6.07) is 8.32. The van der Waals surface area contributed by atoms with Gasteiger partial charge in [-0.3, -0.25) is 4.79 Å². The minimum atomic E-state index is -0.214. The van der Waals surface area contributed by atoms with E-state index in [0.29, 0.717) is 22.3 Å². The molecule has 0 bridgehead atoms. The Morgan fingerprint density at radius 2 is 1.89 bits per heavy atom. The summed E-state index contributed by atoms with van der Waals surface area (Å²) < 4.78 is 0. The van der Waals surface area contributed by atoms with Crippen molar-refractivity contribution in [3.63, 3.8) is 0 Å². The van der Waals surface area contributed by atoms with Crippen LogP contribution in [0.15, 0.2) is 30.3 Å². The number of carbonyl (C=O) groups excluding carboxylic acids is 1. The topological polar surface area (TPSA) is 83.6 Å². The standard InChI is InChI=1S/C15H15NO3/c1-9-2-3-10(8-17)4-12(9)13-5-11(7-16)6-14(18)15(13)19/h2-6,8,18-19H,7,16H2,1H3. The van der Waals surface area contributed by atoms with Crippen molar-refractivity contribution in [2.75, 3.05) is 0 Å². The number of aryl methyl sites for hydroxylation is 1. The Hall–Kier alpha value is -2.33. The van der Waals surface area contributed by atoms with Crippen molar-refractivity contribution in [3.8, 4) is 22.6 Å². The molecule has 2 aromatic rings. The fourth-order valence-electron chi connectivity index (χ4n) is 2.00. The molecule has 0 aromatic heterocycles. The molecule has 0 aliphatic carbocycles. The number of phenols is 2. The van der Waals surface area contributed by atoms with Crippen LogP contribution in [0.1, 0.15) is 21.5 Å². The molecule has 0 aliphatic rings. The van der Waals surface area contributed by atoms with Crippen LogP contribution in [0, 0.1) is 6.92 Å². The molecule has 4 nitrogen and oxygen atoms in total. The van der Waals surface area contributed by atoms with Gasteiger partial charge in [0.2, 0.25) is 0 Å². The molecular weight excluding hydrogens is 242 g/mol. The summed E-state index contributed by atoms with van der Waals surface area (Å²) in [7, 11) is 0. The number of benzene rings is 2. The largest absolute Gasteiger partial charge is 0.504 e. The van der Waals surface area contributed by atoms with Gasteiger partial charge in [-0.2, -0.15) is 0 Å². The van der Waals surface area contributed by atoms with Gasteiger partial charge < -0.3 is 15.9 Å². The predicted molar refractivity (Wildman–Crippen MR) is 73.2 cm³/mol. The van der Waals surface area contributed by atoms with Crippen LogP contribution in [-0.2, 0) is 6.54 Å². The molecule has 0 atom stereocenters. The van der Waals surface area contributed by atoms with Gasteiger partial charge in [-0.15, -0.1) is 0 Å². The molecule has 0 saturated heterocycles. The smallest absolute Gasteiger partial charge is 0.165 e. The van der Waals surface area contributed by atoms with Crippen molar-refractivity contribution < 1.29 is 15.0 Å². The molecule has 2 aromatic carbocycles. The molecule has 19 heavy (non-hydrogen) atoms. The highest BCUT2D eigenvalue weighted by molar-refractivity contribution is 5.83. The van der Waals surface area contributed by atoms with Gasteiger partial charge in [-0.25, -0.2) is 0 Å². The fourth-order valence-corrected chi connectivity index (χ4v) is 2.00. The molecule has 0 unspecified atom stereocenters. The Morgan fingerprint density at radius 3 is 2.53 bits per heavy atom. The summed E-state index contributed by atoms with van der Waals surface area (Å²) in [6.07, 6.45) is 0.743. The van der Waals surface area contributed by atoms with Crippen LogP contribution in [0.25, 0.3) is 11.1 Å². The summed E-state index contributed by atoms with van der Waals surface area (Å²) in [6.45, 7) is 2.13. The van der Waals surface area contributed by atoms with E-state index in [2.05, 4.69) is 0 Å². The first-order valence-corrected chi connectivity index (χ1v) is 5.88. The van der Waals surface area contributed by atoms with E-state index < -0.39 is 0 Å². The second-order valence-corrected chi connectivity index (χ2v) is 4.41. The quantitative estimate of drug-likeness (QED) is 0.582. The van der Waals surface area contributed by atoms with Crippen LogP contribution in [0.4, 0.5) is 0 Å². The Bertz CT molecular complexity index is 636. The van der Waals surface area contributed by atoms with Crippen LogP contribution >= 0.6 is 0 Å². The molecule has 0 fully saturated rings. The van der Waals surface area contributed by atoms with Gasteiger partial charge in [0.25, 0.3) is 0 Å². The van der Waals surface area contributed by atoms with Gasteiger partial charge in [0.15, 0.2) is 11.5 Å². The highest BCUT2D eigenvalue weighted by atomic mass is 16.3. The first kappa shape index (κ1) is 13.1. The average molecular weight is 257 g/mol. The number of hydrogen-bond acceptors (Lipinski definition) is 4. The van der Waals surface area contributed by atoms with Crippen molar-refractivity contribution in [2.45, 2.75) is 13.5 Å². The molecule has 0 aliphatic heterocycles. The highest BCUT2D eigenvalue weighted by Crippen LogP contribution is 2.39. The number of nitrogens with two attached hydrogens (primary N) is 1. The lowest BCUT2D eigenvalue weighted by molar-refractivity contribution is 0.112. The van der Waals surface area contributed by atoms with Crippen molar-refractivity contribution in [2.24, 2.45) is 5.73 Å². The summed E-state index contributed by atoms with van der Waals surface area (Å²) in [5, 5.41) is 19.7. The van der Waals surface area contributed by atoms with Crippen LogP contribution < -0.4 is 5.73 Å². The summed E-state index contributed by atoms with van der Waals surface area (Å²) in [5.41, 5.74) is 8.86.